The van der Waals surface area contributed by atoms with E-state index in [-0.39, 0.29) is 24.0 Å². The quantitative estimate of drug-likeness (QED) is 0.290. The summed E-state index contributed by atoms with van der Waals surface area (Å²) in [5, 5.41) is 9.41. The maximum absolute atomic E-state index is 14.0. The van der Waals surface area contributed by atoms with Crippen LogP contribution in [0.2, 0.25) is 0 Å². The standard InChI is InChI=1S/C31H35F3N6O3/c1-38-28-26(40(29(38)41)22-6-15-42-16-7-22)23-18-20(2-4-24(23)36-37-28)21-3-5-25(35-19-21)27(31(32,33)34)43-17-14-39-12-10-30(8-9-30)11-13-39/h2-5,18-19,22,27H,6-17H2,1H3. The molecule has 9 nitrogen and oxygen atoms in total. The predicted molar refractivity (Wildman–Crippen MR) is 155 cm³/mol. The van der Waals surface area contributed by atoms with Gasteiger partial charge in [-0.3, -0.25) is 14.1 Å². The van der Waals surface area contributed by atoms with E-state index in [1.807, 2.05) is 18.2 Å². The van der Waals surface area contributed by atoms with Crippen LogP contribution >= 0.6 is 0 Å². The second-order valence-corrected chi connectivity index (χ2v) is 12.3. The molecule has 3 aromatic heterocycles. The number of likely N-dealkylation sites (tertiary alicyclic amines) is 1. The first kappa shape index (κ1) is 28.4. The molecule has 0 amide bonds. The number of aromatic nitrogens is 5. The Morgan fingerprint density at radius 1 is 1.05 bits per heavy atom. The van der Waals surface area contributed by atoms with Crippen LogP contribution in [0.4, 0.5) is 13.2 Å². The van der Waals surface area contributed by atoms with Crippen molar-refractivity contribution in [2.24, 2.45) is 12.5 Å². The number of aryl methyl sites for hydroxylation is 1. The van der Waals surface area contributed by atoms with Crippen molar-refractivity contribution < 1.29 is 22.6 Å². The molecular weight excluding hydrogens is 561 g/mol. The molecule has 0 bridgehead atoms. The summed E-state index contributed by atoms with van der Waals surface area (Å²) in [6, 6.07) is 8.54. The van der Waals surface area contributed by atoms with Crippen LogP contribution in [0.5, 0.6) is 0 Å². The monoisotopic (exact) mass is 596 g/mol. The maximum Gasteiger partial charge on any atom is 0.420 e. The Kier molecular flexibility index (Phi) is 7.26. The lowest BCUT2D eigenvalue weighted by Gasteiger charge is -2.32. The molecule has 4 aromatic rings. The Balaban J connectivity index is 1.14. The molecule has 1 aromatic carbocycles. The van der Waals surface area contributed by atoms with Crippen molar-refractivity contribution in [2.75, 3.05) is 39.5 Å². The fourth-order valence-corrected chi connectivity index (χ4v) is 6.66. The molecule has 1 atom stereocenters. The van der Waals surface area contributed by atoms with Crippen molar-refractivity contribution in [3.05, 3.63) is 52.7 Å². The average molecular weight is 597 g/mol. The van der Waals surface area contributed by atoms with Crippen LogP contribution in [0.25, 0.3) is 33.2 Å². The molecule has 2 saturated heterocycles. The van der Waals surface area contributed by atoms with E-state index in [4.69, 9.17) is 9.47 Å². The fraction of sp³-hybridized carbons (Fsp3) is 0.548. The number of hydrogen-bond donors (Lipinski definition) is 0. The Labute approximate surface area is 246 Å². The van der Waals surface area contributed by atoms with Gasteiger partial charge in [-0.1, -0.05) is 12.1 Å². The molecule has 12 heteroatoms. The van der Waals surface area contributed by atoms with Gasteiger partial charge in [0.2, 0.25) is 0 Å². The van der Waals surface area contributed by atoms with Gasteiger partial charge in [-0.15, -0.1) is 10.2 Å². The van der Waals surface area contributed by atoms with Crippen LogP contribution < -0.4 is 5.69 Å². The van der Waals surface area contributed by atoms with Crippen LogP contribution in [0.15, 0.2) is 41.3 Å². The van der Waals surface area contributed by atoms with Gasteiger partial charge in [0.25, 0.3) is 0 Å². The zero-order valence-electron chi connectivity index (χ0n) is 24.1. The normalized spacial score (nSPS) is 20.3. The zero-order valence-corrected chi connectivity index (χ0v) is 24.1. The summed E-state index contributed by atoms with van der Waals surface area (Å²) in [6.45, 7) is 3.47. The van der Waals surface area contributed by atoms with E-state index in [2.05, 4.69) is 20.1 Å². The Bertz CT molecular complexity index is 1680. The summed E-state index contributed by atoms with van der Waals surface area (Å²) in [5.41, 5.74) is 3.39. The smallest absolute Gasteiger partial charge is 0.381 e. The lowest BCUT2D eigenvalue weighted by atomic mass is 9.94. The van der Waals surface area contributed by atoms with Crippen molar-refractivity contribution in [1.29, 1.82) is 0 Å². The lowest BCUT2D eigenvalue weighted by molar-refractivity contribution is -0.225. The first-order chi connectivity index (χ1) is 20.7. The highest BCUT2D eigenvalue weighted by atomic mass is 19.4. The van der Waals surface area contributed by atoms with Gasteiger partial charge in [0, 0.05) is 50.0 Å². The van der Waals surface area contributed by atoms with E-state index in [1.54, 1.807) is 17.7 Å². The second-order valence-electron chi connectivity index (χ2n) is 12.3. The Morgan fingerprint density at radius 3 is 2.47 bits per heavy atom. The summed E-state index contributed by atoms with van der Waals surface area (Å²) in [5.74, 6) is 0. The van der Waals surface area contributed by atoms with Crippen LogP contribution in [-0.2, 0) is 16.5 Å². The van der Waals surface area contributed by atoms with E-state index >= 15 is 0 Å². The Hall–Kier alpha value is -3.35. The van der Waals surface area contributed by atoms with Crippen molar-refractivity contribution in [3.8, 4) is 11.1 Å². The summed E-state index contributed by atoms with van der Waals surface area (Å²) < 4.78 is 56.3. The number of fused-ring (bicyclic) bond motifs is 3. The van der Waals surface area contributed by atoms with Crippen LogP contribution in [0.1, 0.15) is 56.4 Å². The van der Waals surface area contributed by atoms with Crippen molar-refractivity contribution in [3.63, 3.8) is 0 Å². The third-order valence-electron chi connectivity index (χ3n) is 9.58. The van der Waals surface area contributed by atoms with Gasteiger partial charge in [0.15, 0.2) is 11.8 Å². The molecule has 1 spiro atoms. The summed E-state index contributed by atoms with van der Waals surface area (Å²) >= 11 is 0. The van der Waals surface area contributed by atoms with E-state index < -0.39 is 12.3 Å². The summed E-state index contributed by atoms with van der Waals surface area (Å²) in [4.78, 5) is 19.7. The minimum absolute atomic E-state index is 0.00574. The highest BCUT2D eigenvalue weighted by molar-refractivity contribution is 6.02. The molecule has 1 aliphatic carbocycles. The molecule has 43 heavy (non-hydrogen) atoms. The van der Waals surface area contributed by atoms with Gasteiger partial charge in [0.05, 0.1) is 17.8 Å². The van der Waals surface area contributed by atoms with E-state index in [9.17, 15) is 18.0 Å². The van der Waals surface area contributed by atoms with Gasteiger partial charge in [-0.05, 0) is 80.8 Å². The number of imidazole rings is 1. The minimum Gasteiger partial charge on any atom is -0.381 e. The number of halogens is 3. The van der Waals surface area contributed by atoms with Crippen molar-refractivity contribution >= 4 is 22.1 Å². The molecule has 2 aliphatic heterocycles. The molecule has 0 radical (unpaired) electrons. The summed E-state index contributed by atoms with van der Waals surface area (Å²) in [7, 11) is 1.68. The number of piperidine rings is 1. The number of benzene rings is 1. The SMILES string of the molecule is Cn1c(=O)n(C2CCOCC2)c2c3cc(-c4ccc(C(OCCN5CCC6(CC5)CC6)C(F)(F)F)nc4)ccc3nnc21. The number of hydrogen-bond acceptors (Lipinski definition) is 7. The molecule has 7 rings (SSSR count). The van der Waals surface area contributed by atoms with Crippen LogP contribution in [-0.4, -0.2) is 74.8 Å². The van der Waals surface area contributed by atoms with E-state index in [0.29, 0.717) is 47.4 Å². The molecule has 5 heterocycles. The number of rotatable bonds is 7. The molecule has 228 valence electrons. The minimum atomic E-state index is -4.58. The molecule has 1 unspecified atom stereocenters. The number of nitrogens with zero attached hydrogens (tertiary/aromatic N) is 6. The molecule has 1 saturated carbocycles. The van der Waals surface area contributed by atoms with E-state index in [1.165, 1.54) is 29.7 Å². The zero-order chi connectivity index (χ0) is 29.8. The number of ether oxygens (including phenoxy) is 2. The first-order valence-corrected chi connectivity index (χ1v) is 15.0. The van der Waals surface area contributed by atoms with Gasteiger partial charge in [-0.25, -0.2) is 4.79 Å². The van der Waals surface area contributed by atoms with Gasteiger partial charge >= 0.3 is 11.9 Å². The maximum atomic E-state index is 14.0. The largest absolute Gasteiger partial charge is 0.420 e. The van der Waals surface area contributed by atoms with Crippen molar-refractivity contribution in [1.82, 2.24) is 29.2 Å². The molecule has 3 aliphatic rings. The molecule has 0 N–H and O–H groups in total. The highest BCUT2D eigenvalue weighted by Crippen LogP contribution is 2.53. The second kappa shape index (κ2) is 11.0. The third-order valence-corrected chi connectivity index (χ3v) is 9.58. The molecular formula is C31H35F3N6O3. The third kappa shape index (κ3) is 5.44. The van der Waals surface area contributed by atoms with Crippen molar-refractivity contribution in [2.45, 2.75) is 56.8 Å². The Morgan fingerprint density at radius 2 is 1.79 bits per heavy atom. The predicted octanol–water partition coefficient (Wildman–Crippen LogP) is 5.19. The van der Waals surface area contributed by atoms with Gasteiger partial charge < -0.3 is 14.4 Å². The van der Waals surface area contributed by atoms with E-state index in [0.717, 1.165) is 49.7 Å². The van der Waals surface area contributed by atoms with Crippen LogP contribution in [0, 0.1) is 5.41 Å². The van der Waals surface area contributed by atoms with Crippen LogP contribution in [0.3, 0.4) is 0 Å². The van der Waals surface area contributed by atoms with Gasteiger partial charge in [-0.2, -0.15) is 13.2 Å². The lowest BCUT2D eigenvalue weighted by Crippen LogP contribution is -2.37. The summed E-state index contributed by atoms with van der Waals surface area (Å²) in [6.07, 6.45) is 1.04. The average Bonchev–Trinajstić information content (AvgIpc) is 3.72. The fourth-order valence-electron chi connectivity index (χ4n) is 6.66. The number of alkyl halides is 3. The van der Waals surface area contributed by atoms with Gasteiger partial charge in [0.1, 0.15) is 5.52 Å². The topological polar surface area (TPSA) is 87.3 Å². The molecule has 3 fully saturated rings. The highest BCUT2D eigenvalue weighted by Gasteiger charge is 2.45. The number of pyridine rings is 1. The first-order valence-electron chi connectivity index (χ1n) is 15.0.